The molecule has 3 amide bonds. The van der Waals surface area contributed by atoms with Crippen molar-refractivity contribution < 1.29 is 24.3 Å². The van der Waals surface area contributed by atoms with Crippen LogP contribution in [0.4, 0.5) is 0 Å². The van der Waals surface area contributed by atoms with E-state index in [4.69, 9.17) is 16.6 Å². The molecule has 0 aromatic rings. The number of aliphatic carboxylic acids is 1. The second-order valence-electron chi connectivity index (χ2n) is 7.77. The fourth-order valence-electron chi connectivity index (χ4n) is 3.97. The minimum Gasteiger partial charge on any atom is -0.481 e. The van der Waals surface area contributed by atoms with E-state index in [0.29, 0.717) is 45.4 Å². The number of nitrogens with two attached hydrogens (primary N) is 2. The molecule has 29 heavy (non-hydrogen) atoms. The van der Waals surface area contributed by atoms with Crippen LogP contribution in [0.3, 0.4) is 0 Å². The number of likely N-dealkylation sites (tertiary alicyclic amines) is 2. The van der Waals surface area contributed by atoms with E-state index in [-0.39, 0.29) is 11.8 Å². The number of carboxylic acid groups (broad SMARTS) is 1. The van der Waals surface area contributed by atoms with Crippen molar-refractivity contribution in [3.05, 3.63) is 0 Å². The van der Waals surface area contributed by atoms with E-state index in [1.165, 1.54) is 4.90 Å². The zero-order valence-electron chi connectivity index (χ0n) is 16.8. The molecule has 0 bridgehead atoms. The van der Waals surface area contributed by atoms with Crippen LogP contribution < -0.4 is 16.8 Å². The summed E-state index contributed by atoms with van der Waals surface area (Å²) in [7, 11) is 0. The summed E-state index contributed by atoms with van der Waals surface area (Å²) in [6, 6.07) is -2.56. The van der Waals surface area contributed by atoms with Gasteiger partial charge in [0.1, 0.15) is 12.1 Å². The lowest BCUT2D eigenvalue weighted by molar-refractivity contribution is -0.144. The Labute approximate surface area is 170 Å². The van der Waals surface area contributed by atoms with Gasteiger partial charge in [-0.25, -0.2) is 0 Å². The van der Waals surface area contributed by atoms with Gasteiger partial charge in [0, 0.05) is 19.6 Å². The molecule has 0 aliphatic carbocycles. The molecular formula is C19H33N5O5. The molecule has 0 aromatic carbocycles. The Balaban J connectivity index is 2.02. The lowest BCUT2D eigenvalue weighted by Gasteiger charge is -2.29. The topological polar surface area (TPSA) is 159 Å². The van der Waals surface area contributed by atoms with Gasteiger partial charge in [-0.2, -0.15) is 0 Å². The third-order valence-electron chi connectivity index (χ3n) is 5.53. The highest BCUT2D eigenvalue weighted by molar-refractivity contribution is 5.94. The maximum absolute atomic E-state index is 12.9. The van der Waals surface area contributed by atoms with Crippen LogP contribution in [0.15, 0.2) is 0 Å². The van der Waals surface area contributed by atoms with Crippen LogP contribution in [-0.4, -0.2) is 82.9 Å². The van der Waals surface area contributed by atoms with Gasteiger partial charge in [0.05, 0.1) is 12.5 Å². The van der Waals surface area contributed by atoms with Crippen LogP contribution in [0.2, 0.25) is 0 Å². The van der Waals surface area contributed by atoms with Crippen LogP contribution in [0.25, 0.3) is 0 Å². The Kier molecular flexibility index (Phi) is 8.84. The normalized spacial score (nSPS) is 21.1. The van der Waals surface area contributed by atoms with E-state index in [9.17, 15) is 19.2 Å². The average Bonchev–Trinajstić information content (AvgIpc) is 3.37. The number of carbonyl (C=O) groups is 4. The number of hydrogen-bond acceptors (Lipinski definition) is 6. The molecule has 0 unspecified atom stereocenters. The first-order valence-corrected chi connectivity index (χ1v) is 10.4. The second kappa shape index (κ2) is 11.1. The molecule has 6 N–H and O–H groups in total. The number of unbranched alkanes of at least 4 members (excludes halogenated alkanes) is 1. The molecule has 2 rings (SSSR count). The highest BCUT2D eigenvalue weighted by Crippen LogP contribution is 2.20. The molecule has 164 valence electrons. The van der Waals surface area contributed by atoms with Crippen LogP contribution in [-0.2, 0) is 19.2 Å². The quantitative estimate of drug-likeness (QED) is 0.336. The molecule has 10 heteroatoms. The molecule has 2 saturated heterocycles. The average molecular weight is 412 g/mol. The first-order chi connectivity index (χ1) is 13.8. The number of nitrogens with zero attached hydrogens (tertiary/aromatic N) is 2. The third-order valence-corrected chi connectivity index (χ3v) is 5.53. The SMILES string of the molecule is NCCCC[C@H](NC(=O)[C@@H]1CCCN1C(=O)[C@@H](N)CC(=O)O)C(=O)N1CCCC1. The summed E-state index contributed by atoms with van der Waals surface area (Å²) >= 11 is 0. The molecule has 2 aliphatic rings. The van der Waals surface area contributed by atoms with Gasteiger partial charge >= 0.3 is 5.97 Å². The van der Waals surface area contributed by atoms with Gasteiger partial charge in [-0.1, -0.05) is 0 Å². The fraction of sp³-hybridized carbons (Fsp3) is 0.789. The smallest absolute Gasteiger partial charge is 0.305 e. The molecule has 10 nitrogen and oxygen atoms in total. The lowest BCUT2D eigenvalue weighted by atomic mass is 10.1. The molecule has 2 aliphatic heterocycles. The van der Waals surface area contributed by atoms with Crippen molar-refractivity contribution in [3.63, 3.8) is 0 Å². The molecule has 3 atom stereocenters. The number of carboxylic acids is 1. The number of rotatable bonds is 10. The summed E-state index contributed by atoms with van der Waals surface area (Å²) in [4.78, 5) is 52.2. The lowest BCUT2D eigenvalue weighted by Crippen LogP contribution is -2.55. The summed E-state index contributed by atoms with van der Waals surface area (Å²) in [5, 5.41) is 11.7. The van der Waals surface area contributed by atoms with Gasteiger partial charge in [-0.15, -0.1) is 0 Å². The third kappa shape index (κ3) is 6.40. The zero-order valence-corrected chi connectivity index (χ0v) is 16.8. The van der Waals surface area contributed by atoms with Crippen molar-refractivity contribution in [2.24, 2.45) is 11.5 Å². The van der Waals surface area contributed by atoms with E-state index in [0.717, 1.165) is 25.7 Å². The van der Waals surface area contributed by atoms with E-state index >= 15 is 0 Å². The van der Waals surface area contributed by atoms with Crippen LogP contribution in [0, 0.1) is 0 Å². The first-order valence-electron chi connectivity index (χ1n) is 10.4. The molecule has 0 saturated carbocycles. The van der Waals surface area contributed by atoms with Crippen molar-refractivity contribution in [1.29, 1.82) is 0 Å². The Morgan fingerprint density at radius 3 is 2.34 bits per heavy atom. The van der Waals surface area contributed by atoms with E-state index in [1.54, 1.807) is 4.90 Å². The Morgan fingerprint density at radius 1 is 1.03 bits per heavy atom. The summed E-state index contributed by atoms with van der Waals surface area (Å²) in [5.41, 5.74) is 11.2. The number of nitrogens with one attached hydrogen (secondary N) is 1. The summed E-state index contributed by atoms with van der Waals surface area (Å²) in [6.07, 6.45) is 4.50. The van der Waals surface area contributed by atoms with E-state index in [2.05, 4.69) is 5.32 Å². The van der Waals surface area contributed by atoms with Gasteiger partial charge in [0.2, 0.25) is 17.7 Å². The van der Waals surface area contributed by atoms with E-state index in [1.807, 2.05) is 0 Å². The first kappa shape index (κ1) is 23.1. The highest BCUT2D eigenvalue weighted by Gasteiger charge is 2.38. The molecule has 2 heterocycles. The van der Waals surface area contributed by atoms with Gasteiger partial charge in [-0.05, 0) is 51.5 Å². The van der Waals surface area contributed by atoms with Crippen LogP contribution in [0.1, 0.15) is 51.4 Å². The van der Waals surface area contributed by atoms with Crippen LogP contribution >= 0.6 is 0 Å². The minimum atomic E-state index is -1.19. The molecule has 0 spiro atoms. The molecule has 0 radical (unpaired) electrons. The van der Waals surface area contributed by atoms with Crippen LogP contribution in [0.5, 0.6) is 0 Å². The van der Waals surface area contributed by atoms with Crippen molar-refractivity contribution in [3.8, 4) is 0 Å². The van der Waals surface area contributed by atoms with Crippen molar-refractivity contribution in [1.82, 2.24) is 15.1 Å². The van der Waals surface area contributed by atoms with Crippen molar-refractivity contribution >= 4 is 23.7 Å². The monoisotopic (exact) mass is 411 g/mol. The van der Waals surface area contributed by atoms with Gasteiger partial charge in [0.25, 0.3) is 0 Å². The standard InChI is InChI=1S/C19H33N5O5/c20-8-2-1-6-14(19(29)23-9-3-4-10-23)22-17(27)15-7-5-11-24(15)18(28)13(21)12-16(25)26/h13-15H,1-12,20-21H2,(H,22,27)(H,25,26)/t13-,14-,15-/m0/s1. The van der Waals surface area contributed by atoms with Gasteiger partial charge < -0.3 is 31.7 Å². The van der Waals surface area contributed by atoms with Crippen molar-refractivity contribution in [2.45, 2.75) is 69.5 Å². The summed E-state index contributed by atoms with van der Waals surface area (Å²) < 4.78 is 0. The minimum absolute atomic E-state index is 0.0914. The number of amides is 3. The number of carbonyl (C=O) groups excluding carboxylic acids is 3. The maximum Gasteiger partial charge on any atom is 0.305 e. The fourth-order valence-corrected chi connectivity index (χ4v) is 3.97. The predicted octanol–water partition coefficient (Wildman–Crippen LogP) is -0.984. The van der Waals surface area contributed by atoms with Gasteiger partial charge in [0.15, 0.2) is 0 Å². The molecular weight excluding hydrogens is 378 g/mol. The Bertz CT molecular complexity index is 608. The Hall–Kier alpha value is -2.20. The summed E-state index contributed by atoms with van der Waals surface area (Å²) in [6.45, 7) is 2.26. The molecule has 0 aromatic heterocycles. The molecule has 2 fully saturated rings. The summed E-state index contributed by atoms with van der Waals surface area (Å²) in [5.74, 6) is -2.19. The predicted molar refractivity (Wildman–Crippen MR) is 106 cm³/mol. The van der Waals surface area contributed by atoms with E-state index < -0.39 is 36.4 Å². The Morgan fingerprint density at radius 2 is 1.72 bits per heavy atom. The highest BCUT2D eigenvalue weighted by atomic mass is 16.4. The second-order valence-corrected chi connectivity index (χ2v) is 7.77. The zero-order chi connectivity index (χ0) is 21.4. The largest absolute Gasteiger partial charge is 0.481 e. The van der Waals surface area contributed by atoms with Gasteiger partial charge in [-0.3, -0.25) is 19.2 Å². The number of hydrogen-bond donors (Lipinski definition) is 4. The maximum atomic E-state index is 12.9. The van der Waals surface area contributed by atoms with Crippen molar-refractivity contribution in [2.75, 3.05) is 26.2 Å².